The lowest BCUT2D eigenvalue weighted by atomic mass is 9.84. The van der Waals surface area contributed by atoms with Crippen molar-refractivity contribution >= 4 is 97.0 Å². The van der Waals surface area contributed by atoms with E-state index in [-0.39, 0.29) is 0 Å². The number of rotatable bonds is 2. The summed E-state index contributed by atoms with van der Waals surface area (Å²) in [6.07, 6.45) is 0. The maximum absolute atomic E-state index is 2.50. The molecule has 0 heteroatoms. The second-order valence-electron chi connectivity index (χ2n) is 18.6. The molecule has 0 aliphatic heterocycles. The van der Waals surface area contributed by atoms with E-state index in [1.165, 1.54) is 164 Å². The summed E-state index contributed by atoms with van der Waals surface area (Å²) in [4.78, 5) is 0. The van der Waals surface area contributed by atoms with Crippen LogP contribution in [0, 0.1) is 0 Å². The maximum Gasteiger partial charge on any atom is -0.00199 e. The van der Waals surface area contributed by atoms with E-state index in [4.69, 9.17) is 0 Å². The lowest BCUT2D eigenvalue weighted by Crippen LogP contribution is -1.92. The Balaban J connectivity index is 0.967. The van der Waals surface area contributed by atoms with E-state index in [0.29, 0.717) is 0 Å². The highest BCUT2D eigenvalue weighted by atomic mass is 14.3. The largest absolute Gasteiger partial charge is 0.0616 e. The molecule has 0 nitrogen and oxygen atoms in total. The zero-order valence-electron chi connectivity index (χ0n) is 35.8. The monoisotopic (exact) mass is 828 g/mol. The summed E-state index contributed by atoms with van der Waals surface area (Å²) in [5, 5.41) is 23.4. The third kappa shape index (κ3) is 4.39. The fourth-order valence-corrected chi connectivity index (χ4v) is 12.7. The summed E-state index contributed by atoms with van der Waals surface area (Å²) in [5.74, 6) is 0. The summed E-state index contributed by atoms with van der Waals surface area (Å²) in [7, 11) is 0. The molecule has 0 N–H and O–H groups in total. The van der Waals surface area contributed by atoms with Crippen molar-refractivity contribution in [2.45, 2.75) is 0 Å². The van der Waals surface area contributed by atoms with Crippen molar-refractivity contribution < 1.29 is 0 Å². The summed E-state index contributed by atoms with van der Waals surface area (Å²) in [5.41, 5.74) is 15.7. The molecule has 0 unspecified atom stereocenters. The number of benzene rings is 14. The van der Waals surface area contributed by atoms with Gasteiger partial charge in [-0.05, 0) is 194 Å². The van der Waals surface area contributed by atoms with Crippen molar-refractivity contribution in [1.82, 2.24) is 0 Å². The summed E-state index contributed by atoms with van der Waals surface area (Å²) < 4.78 is 0. The first-order valence-electron chi connectivity index (χ1n) is 23.2. The molecule has 2 aliphatic rings. The van der Waals surface area contributed by atoms with Gasteiger partial charge in [0.25, 0.3) is 0 Å². The highest BCUT2D eigenvalue weighted by molar-refractivity contribution is 6.32. The van der Waals surface area contributed by atoms with Gasteiger partial charge in [0.05, 0.1) is 0 Å². The van der Waals surface area contributed by atoms with Gasteiger partial charge < -0.3 is 0 Å². The maximum atomic E-state index is 2.50. The standard InChI is InChI=1S/C66H36/c1-9-22-47-37(14-1)51-26-12-28-53-50-31-30-49-45(24-11-25-46(49)56(50)35-63(47)65(51)53)55-32-57-41-18-5-6-19-42(41)59(33-58(57)40-17-4-3-16-39(40)55)60-34-62-54-29-13-27-52-38-15-2-10-23-48(38)64(66(52)54)36-61(62)44-21-8-7-20-43(44)60/h1-36H. The zero-order valence-corrected chi connectivity index (χ0v) is 35.8. The van der Waals surface area contributed by atoms with Crippen LogP contribution in [0.5, 0.6) is 0 Å². The van der Waals surface area contributed by atoms with Gasteiger partial charge in [0.15, 0.2) is 0 Å². The third-order valence-corrected chi connectivity index (χ3v) is 15.5. The fourth-order valence-electron chi connectivity index (χ4n) is 12.7. The quantitative estimate of drug-likeness (QED) is 0.152. The molecule has 16 rings (SSSR count). The van der Waals surface area contributed by atoms with E-state index in [2.05, 4.69) is 218 Å². The number of hydrogen-bond donors (Lipinski definition) is 0. The van der Waals surface area contributed by atoms with Crippen LogP contribution in [0.2, 0.25) is 0 Å². The van der Waals surface area contributed by atoms with Crippen molar-refractivity contribution in [1.29, 1.82) is 0 Å². The van der Waals surface area contributed by atoms with Crippen molar-refractivity contribution in [3.05, 3.63) is 218 Å². The van der Waals surface area contributed by atoms with Crippen molar-refractivity contribution in [3.63, 3.8) is 0 Å². The smallest absolute Gasteiger partial charge is 0.00199 e. The Kier molecular flexibility index (Phi) is 6.64. The predicted molar refractivity (Wildman–Crippen MR) is 284 cm³/mol. The van der Waals surface area contributed by atoms with Crippen molar-refractivity contribution in [3.8, 4) is 66.8 Å². The predicted octanol–water partition coefficient (Wildman–Crippen LogP) is 18.7. The normalized spacial score (nSPS) is 12.5. The second-order valence-corrected chi connectivity index (χ2v) is 18.6. The number of hydrogen-bond acceptors (Lipinski definition) is 0. The molecule has 300 valence electrons. The van der Waals surface area contributed by atoms with Crippen LogP contribution in [0.4, 0.5) is 0 Å². The highest BCUT2D eigenvalue weighted by Gasteiger charge is 2.26. The minimum Gasteiger partial charge on any atom is -0.0616 e. The molecule has 0 atom stereocenters. The van der Waals surface area contributed by atoms with Gasteiger partial charge in [-0.25, -0.2) is 0 Å². The molecule has 0 radical (unpaired) electrons. The average molecular weight is 829 g/mol. The summed E-state index contributed by atoms with van der Waals surface area (Å²) in [6, 6.07) is 82.9. The summed E-state index contributed by atoms with van der Waals surface area (Å²) in [6.45, 7) is 0. The van der Waals surface area contributed by atoms with E-state index < -0.39 is 0 Å². The Bertz CT molecular complexity index is 4560. The second kappa shape index (κ2) is 12.6. The molecule has 14 aromatic rings. The van der Waals surface area contributed by atoms with Gasteiger partial charge in [0.2, 0.25) is 0 Å². The lowest BCUT2D eigenvalue weighted by molar-refractivity contribution is 1.70. The Labute approximate surface area is 380 Å². The van der Waals surface area contributed by atoms with Crippen LogP contribution in [-0.2, 0) is 0 Å². The summed E-state index contributed by atoms with van der Waals surface area (Å²) >= 11 is 0. The van der Waals surface area contributed by atoms with Crippen LogP contribution in [0.25, 0.3) is 164 Å². The topological polar surface area (TPSA) is 0 Å². The Morgan fingerprint density at radius 2 is 0.364 bits per heavy atom. The van der Waals surface area contributed by atoms with Gasteiger partial charge in [-0.2, -0.15) is 0 Å². The first kappa shape index (κ1) is 34.9. The van der Waals surface area contributed by atoms with Gasteiger partial charge in [-0.15, -0.1) is 0 Å². The fraction of sp³-hybridized carbons (Fsp3) is 0. The molecule has 0 fully saturated rings. The zero-order chi connectivity index (χ0) is 42.8. The molecule has 0 saturated carbocycles. The van der Waals surface area contributed by atoms with Crippen LogP contribution in [0.1, 0.15) is 0 Å². The van der Waals surface area contributed by atoms with E-state index in [1.54, 1.807) is 0 Å². The van der Waals surface area contributed by atoms with Gasteiger partial charge in [-0.3, -0.25) is 0 Å². The van der Waals surface area contributed by atoms with Crippen molar-refractivity contribution in [2.75, 3.05) is 0 Å². The molecule has 0 saturated heterocycles. The van der Waals surface area contributed by atoms with Gasteiger partial charge in [-0.1, -0.05) is 188 Å². The SMILES string of the molecule is c1ccc2c(c1)-c1cccc3c1c-2cc1c2cccc(-c4cc5c6ccccc6c(-c6cc7c8cccc9c8c(cc7c7ccccc67)-c6ccccc6-9)cc5c5ccccc45)c2ccc31. The molecule has 0 bridgehead atoms. The minimum absolute atomic E-state index is 1.26. The molecular formula is C66H36. The molecule has 0 spiro atoms. The van der Waals surface area contributed by atoms with Crippen LogP contribution in [-0.4, -0.2) is 0 Å². The van der Waals surface area contributed by atoms with Crippen LogP contribution in [0.15, 0.2) is 218 Å². The third-order valence-electron chi connectivity index (χ3n) is 15.5. The van der Waals surface area contributed by atoms with Gasteiger partial charge >= 0.3 is 0 Å². The van der Waals surface area contributed by atoms with Crippen LogP contribution >= 0.6 is 0 Å². The molecular weight excluding hydrogens is 793 g/mol. The van der Waals surface area contributed by atoms with E-state index in [1.807, 2.05) is 0 Å². The Morgan fingerprint density at radius 3 is 0.833 bits per heavy atom. The molecule has 14 aromatic carbocycles. The first-order valence-corrected chi connectivity index (χ1v) is 23.2. The molecule has 2 aliphatic carbocycles. The van der Waals surface area contributed by atoms with Gasteiger partial charge in [0, 0.05) is 0 Å². The highest BCUT2D eigenvalue weighted by Crippen LogP contribution is 2.53. The average Bonchev–Trinajstić information content (AvgIpc) is 3.89. The van der Waals surface area contributed by atoms with Crippen molar-refractivity contribution in [2.24, 2.45) is 0 Å². The van der Waals surface area contributed by atoms with Crippen LogP contribution in [0.3, 0.4) is 0 Å². The lowest BCUT2D eigenvalue weighted by Gasteiger charge is -2.19. The molecule has 0 aromatic heterocycles. The van der Waals surface area contributed by atoms with E-state index in [9.17, 15) is 0 Å². The van der Waals surface area contributed by atoms with E-state index in [0.717, 1.165) is 0 Å². The minimum atomic E-state index is 1.26. The van der Waals surface area contributed by atoms with Gasteiger partial charge in [0.1, 0.15) is 0 Å². The Hall–Kier alpha value is -8.58. The molecule has 0 amide bonds. The molecule has 0 heterocycles. The Morgan fingerprint density at radius 1 is 0.121 bits per heavy atom. The first-order chi connectivity index (χ1) is 32.8. The number of fused-ring (bicyclic) bond motifs is 19. The van der Waals surface area contributed by atoms with Crippen LogP contribution < -0.4 is 0 Å². The molecule has 66 heavy (non-hydrogen) atoms. The van der Waals surface area contributed by atoms with E-state index >= 15 is 0 Å².